The molecule has 0 aliphatic heterocycles. The van der Waals surface area contributed by atoms with Crippen molar-refractivity contribution in [2.45, 2.75) is 219 Å². The third-order valence-electron chi connectivity index (χ3n) is 8.29. The van der Waals surface area contributed by atoms with E-state index in [1.165, 1.54) is 154 Å². The Hall–Kier alpha value is -0.980. The van der Waals surface area contributed by atoms with Crippen LogP contribution in [0.4, 0.5) is 4.70 Å². The minimum absolute atomic E-state index is 0. The monoisotopic (exact) mass is 635 g/mol. The lowest BCUT2D eigenvalue weighted by Gasteiger charge is -2.05. The summed E-state index contributed by atoms with van der Waals surface area (Å²) in [5.74, 6) is -1.11. The van der Waals surface area contributed by atoms with E-state index in [9.17, 15) is 13.8 Å². The van der Waals surface area contributed by atoms with Crippen LogP contribution >= 0.6 is 0 Å². The van der Waals surface area contributed by atoms with Gasteiger partial charge in [-0.15, -0.1) is 0 Å². The van der Waals surface area contributed by atoms with Gasteiger partial charge in [-0.05, 0) is 12.8 Å². The fourth-order valence-electron chi connectivity index (χ4n) is 5.53. The SMILES string of the molecule is CCCCCCCCCCCCCCCCCC(=O)OS(=O)OC(=O)CCCCCCCCCCCCCCCCC.F. The average Bonchev–Trinajstić information content (AvgIpc) is 2.97. The molecular formula is C36H71FO5S. The fraction of sp³-hybridized carbons (Fsp3) is 0.944. The molecule has 0 fully saturated rings. The van der Waals surface area contributed by atoms with Gasteiger partial charge in [0.05, 0.1) is 0 Å². The third kappa shape index (κ3) is 37.1. The van der Waals surface area contributed by atoms with Gasteiger partial charge in [-0.25, -0.2) is 0 Å². The minimum Gasteiger partial charge on any atom is -0.334 e. The van der Waals surface area contributed by atoms with Crippen molar-refractivity contribution in [1.29, 1.82) is 0 Å². The molecule has 0 aliphatic carbocycles. The zero-order valence-corrected chi connectivity index (χ0v) is 29.3. The van der Waals surface area contributed by atoms with E-state index in [1.807, 2.05) is 0 Å². The highest BCUT2D eigenvalue weighted by molar-refractivity contribution is 7.76. The molecule has 0 aromatic rings. The van der Waals surface area contributed by atoms with Crippen molar-refractivity contribution >= 4 is 23.3 Å². The Morgan fingerprint density at radius 2 is 0.558 bits per heavy atom. The number of carbonyl (C=O) groups excluding carboxylic acids is 2. The maximum atomic E-state index is 11.9. The number of unbranched alkanes of at least 4 members (excludes halogenated alkanes) is 28. The van der Waals surface area contributed by atoms with Crippen molar-refractivity contribution in [3.8, 4) is 0 Å². The predicted molar refractivity (Wildman–Crippen MR) is 182 cm³/mol. The summed E-state index contributed by atoms with van der Waals surface area (Å²) in [4.78, 5) is 23.7. The largest absolute Gasteiger partial charge is 0.422 e. The van der Waals surface area contributed by atoms with Gasteiger partial charge >= 0.3 is 23.3 Å². The second-order valence-corrected chi connectivity index (χ2v) is 13.3. The Labute approximate surface area is 269 Å². The zero-order chi connectivity index (χ0) is 30.8. The highest BCUT2D eigenvalue weighted by Crippen LogP contribution is 2.15. The van der Waals surface area contributed by atoms with Crippen molar-refractivity contribution in [3.63, 3.8) is 0 Å². The van der Waals surface area contributed by atoms with Crippen molar-refractivity contribution in [1.82, 2.24) is 0 Å². The van der Waals surface area contributed by atoms with Gasteiger partial charge in [0.15, 0.2) is 0 Å². The summed E-state index contributed by atoms with van der Waals surface area (Å²) >= 11 is -2.32. The van der Waals surface area contributed by atoms with Crippen LogP contribution in [0.3, 0.4) is 0 Å². The smallest absolute Gasteiger partial charge is 0.334 e. The topological polar surface area (TPSA) is 69.7 Å². The van der Waals surface area contributed by atoms with Crippen LogP contribution in [0, 0.1) is 0 Å². The average molecular weight is 635 g/mol. The zero-order valence-electron chi connectivity index (χ0n) is 28.5. The van der Waals surface area contributed by atoms with E-state index < -0.39 is 23.3 Å². The van der Waals surface area contributed by atoms with E-state index in [0.29, 0.717) is 0 Å². The third-order valence-corrected chi connectivity index (χ3v) is 8.93. The minimum atomic E-state index is -2.32. The molecular weight excluding hydrogens is 563 g/mol. The summed E-state index contributed by atoms with van der Waals surface area (Å²) in [6, 6.07) is 0. The van der Waals surface area contributed by atoms with Crippen LogP contribution in [0.2, 0.25) is 0 Å². The van der Waals surface area contributed by atoms with Crippen molar-refractivity contribution in [3.05, 3.63) is 0 Å². The first-order valence-electron chi connectivity index (χ1n) is 18.4. The van der Waals surface area contributed by atoms with Crippen molar-refractivity contribution in [2.75, 3.05) is 0 Å². The number of rotatable bonds is 34. The summed E-state index contributed by atoms with van der Waals surface area (Å²) in [5, 5.41) is 0. The van der Waals surface area contributed by atoms with E-state index in [-0.39, 0.29) is 17.5 Å². The molecule has 0 atom stereocenters. The molecule has 0 N–H and O–H groups in total. The molecule has 0 saturated heterocycles. The molecule has 0 bridgehead atoms. The summed E-state index contributed by atoms with van der Waals surface area (Å²) in [6.07, 6.45) is 38.4. The fourth-order valence-corrected chi connectivity index (χ4v) is 6.04. The first-order chi connectivity index (χ1) is 20.6. The first kappa shape index (κ1) is 44.1. The lowest BCUT2D eigenvalue weighted by molar-refractivity contribution is -0.137. The number of hydrogen-bond acceptors (Lipinski definition) is 5. The summed E-state index contributed by atoms with van der Waals surface area (Å²) < 4.78 is 21.3. The molecule has 7 heteroatoms. The molecule has 43 heavy (non-hydrogen) atoms. The second-order valence-electron chi connectivity index (χ2n) is 12.5. The standard InChI is InChI=1S/C36H70O5S.FH/c1-3-5-7-9-11-13-15-17-19-21-23-25-27-29-31-33-35(37)40-42(39)41-36(38)34-32-30-28-26-24-22-20-18-16-14-12-10-8-6-4-2;/h3-34H2,1-2H3;1H. The highest BCUT2D eigenvalue weighted by Gasteiger charge is 2.14. The first-order valence-corrected chi connectivity index (χ1v) is 19.4. The summed E-state index contributed by atoms with van der Waals surface area (Å²) in [5.41, 5.74) is 0. The van der Waals surface area contributed by atoms with Crippen molar-refractivity contribution < 1.29 is 26.9 Å². The molecule has 0 amide bonds. The van der Waals surface area contributed by atoms with Crippen LogP contribution in [-0.2, 0) is 29.3 Å². The van der Waals surface area contributed by atoms with Gasteiger partial charge in [0, 0.05) is 12.8 Å². The van der Waals surface area contributed by atoms with Gasteiger partial charge < -0.3 is 8.37 Å². The van der Waals surface area contributed by atoms with Gasteiger partial charge in [0.25, 0.3) is 0 Å². The van der Waals surface area contributed by atoms with Gasteiger partial charge in [0.1, 0.15) is 0 Å². The molecule has 258 valence electrons. The van der Waals surface area contributed by atoms with E-state index in [2.05, 4.69) is 13.8 Å². The maximum Gasteiger partial charge on any atom is 0.422 e. The van der Waals surface area contributed by atoms with Crippen LogP contribution in [0.15, 0.2) is 0 Å². The molecule has 0 radical (unpaired) electrons. The van der Waals surface area contributed by atoms with Crippen LogP contribution in [0.1, 0.15) is 219 Å². The summed E-state index contributed by atoms with van der Waals surface area (Å²) in [7, 11) is 0. The summed E-state index contributed by atoms with van der Waals surface area (Å²) in [6.45, 7) is 4.53. The Bertz CT molecular complexity index is 566. The molecule has 0 rings (SSSR count). The molecule has 0 spiro atoms. The molecule has 0 aliphatic rings. The van der Waals surface area contributed by atoms with E-state index in [0.717, 1.165) is 38.5 Å². The van der Waals surface area contributed by atoms with Crippen LogP contribution in [-0.4, -0.2) is 16.1 Å². The molecule has 0 saturated carbocycles. The van der Waals surface area contributed by atoms with Crippen molar-refractivity contribution in [2.24, 2.45) is 0 Å². The lowest BCUT2D eigenvalue weighted by Crippen LogP contribution is -2.13. The van der Waals surface area contributed by atoms with E-state index in [4.69, 9.17) is 8.37 Å². The van der Waals surface area contributed by atoms with Gasteiger partial charge in [0.2, 0.25) is 0 Å². The maximum absolute atomic E-state index is 11.9. The number of halogens is 1. The molecule has 0 unspecified atom stereocenters. The molecule has 0 aromatic heterocycles. The second kappa shape index (κ2) is 37.2. The number of hydrogen-bond donors (Lipinski definition) is 0. The Kier molecular flexibility index (Phi) is 38.2. The Balaban J connectivity index is 0. The number of carbonyl (C=O) groups is 2. The van der Waals surface area contributed by atoms with Gasteiger partial charge in [-0.3, -0.25) is 14.3 Å². The Morgan fingerprint density at radius 3 is 0.767 bits per heavy atom. The van der Waals surface area contributed by atoms with Gasteiger partial charge in [-0.2, -0.15) is 4.21 Å². The molecule has 0 aromatic carbocycles. The molecule has 5 nitrogen and oxygen atoms in total. The van der Waals surface area contributed by atoms with Crippen LogP contribution < -0.4 is 0 Å². The quantitative estimate of drug-likeness (QED) is 0.0659. The van der Waals surface area contributed by atoms with Crippen LogP contribution in [0.25, 0.3) is 0 Å². The van der Waals surface area contributed by atoms with Gasteiger partial charge in [-0.1, -0.05) is 194 Å². The van der Waals surface area contributed by atoms with E-state index >= 15 is 0 Å². The van der Waals surface area contributed by atoms with Crippen LogP contribution in [0.5, 0.6) is 0 Å². The Morgan fingerprint density at radius 1 is 0.372 bits per heavy atom. The predicted octanol–water partition coefficient (Wildman–Crippen LogP) is 12.3. The lowest BCUT2D eigenvalue weighted by atomic mass is 10.0. The highest BCUT2D eigenvalue weighted by atomic mass is 32.2. The normalized spacial score (nSPS) is 11.0. The molecule has 0 heterocycles. The van der Waals surface area contributed by atoms with E-state index in [1.54, 1.807) is 0 Å².